The molecule has 1 aliphatic carbocycles. The number of carbonyl (C=O) groups is 1. The number of nitrogens with zero attached hydrogens (tertiary/aromatic N) is 1. The fourth-order valence-corrected chi connectivity index (χ4v) is 4.29. The van der Waals surface area contributed by atoms with E-state index >= 15 is 0 Å². The minimum absolute atomic E-state index is 0.0650. The van der Waals surface area contributed by atoms with Crippen molar-refractivity contribution >= 4 is 6.09 Å². The van der Waals surface area contributed by atoms with Gasteiger partial charge in [-0.3, -0.25) is 4.90 Å². The van der Waals surface area contributed by atoms with Gasteiger partial charge in [-0.25, -0.2) is 9.18 Å². The third-order valence-corrected chi connectivity index (χ3v) is 5.66. The number of hydrogen-bond acceptors (Lipinski definition) is 3. The summed E-state index contributed by atoms with van der Waals surface area (Å²) in [6, 6.07) is 6.33. The van der Waals surface area contributed by atoms with Crippen molar-refractivity contribution in [3.8, 4) is 0 Å². The Morgan fingerprint density at radius 3 is 2.72 bits per heavy atom. The maximum atomic E-state index is 13.4. The molecule has 3 N–H and O–H groups in total. The molecular weight excluding hydrogens is 323 g/mol. The highest BCUT2D eigenvalue weighted by molar-refractivity contribution is 5.66. The standard InChI is InChI=1S/C19H27FN2O3/c1-12-9-17(21)18(22(12)19(23)24)11-25-16-7-5-13(6-8-16)14-3-2-4-15(20)10-14/h2-4,10,12-13,16-18H,5-9,11,21H2,1H3,(H,23,24)/t12-,13?,16?,17+,18+/m1/s1. The summed E-state index contributed by atoms with van der Waals surface area (Å²) >= 11 is 0. The molecule has 1 aromatic carbocycles. The molecule has 2 aliphatic rings. The topological polar surface area (TPSA) is 75.8 Å². The van der Waals surface area contributed by atoms with Crippen molar-refractivity contribution < 1.29 is 19.0 Å². The van der Waals surface area contributed by atoms with Gasteiger partial charge in [0.25, 0.3) is 0 Å². The smallest absolute Gasteiger partial charge is 0.407 e. The number of likely N-dealkylation sites (tertiary alicyclic amines) is 1. The highest BCUT2D eigenvalue weighted by Gasteiger charge is 2.40. The van der Waals surface area contributed by atoms with Gasteiger partial charge in [-0.15, -0.1) is 0 Å². The van der Waals surface area contributed by atoms with E-state index in [-0.39, 0.29) is 30.0 Å². The van der Waals surface area contributed by atoms with Crippen LogP contribution in [0.25, 0.3) is 0 Å². The second-order valence-corrected chi connectivity index (χ2v) is 7.37. The molecular formula is C19H27FN2O3. The van der Waals surface area contributed by atoms with Crippen molar-refractivity contribution in [2.75, 3.05) is 6.61 Å². The fraction of sp³-hybridized carbons (Fsp3) is 0.632. The first-order valence-electron chi connectivity index (χ1n) is 9.09. The highest BCUT2D eigenvalue weighted by atomic mass is 19.1. The predicted molar refractivity (Wildman–Crippen MR) is 93.1 cm³/mol. The van der Waals surface area contributed by atoms with Crippen LogP contribution in [0.4, 0.5) is 9.18 Å². The van der Waals surface area contributed by atoms with Gasteiger partial charge in [-0.05, 0) is 62.6 Å². The summed E-state index contributed by atoms with van der Waals surface area (Å²) in [5, 5.41) is 9.38. The van der Waals surface area contributed by atoms with Gasteiger partial charge in [0.15, 0.2) is 0 Å². The molecule has 0 aromatic heterocycles. The minimum Gasteiger partial charge on any atom is -0.465 e. The van der Waals surface area contributed by atoms with Gasteiger partial charge in [-0.2, -0.15) is 0 Å². The molecule has 0 bridgehead atoms. The second kappa shape index (κ2) is 7.70. The number of benzene rings is 1. The van der Waals surface area contributed by atoms with Gasteiger partial charge < -0.3 is 15.6 Å². The molecule has 138 valence electrons. The Kier molecular flexibility index (Phi) is 5.59. The van der Waals surface area contributed by atoms with Crippen molar-refractivity contribution in [3.63, 3.8) is 0 Å². The number of nitrogens with two attached hydrogens (primary N) is 1. The quantitative estimate of drug-likeness (QED) is 0.873. The first kappa shape index (κ1) is 18.1. The number of rotatable bonds is 4. The van der Waals surface area contributed by atoms with Crippen LogP contribution in [0.1, 0.15) is 50.5 Å². The van der Waals surface area contributed by atoms with Crippen LogP contribution in [-0.2, 0) is 4.74 Å². The van der Waals surface area contributed by atoms with E-state index in [0.29, 0.717) is 18.9 Å². The van der Waals surface area contributed by atoms with Crippen LogP contribution in [-0.4, -0.2) is 46.9 Å². The van der Waals surface area contributed by atoms with Crippen molar-refractivity contribution in [1.82, 2.24) is 4.90 Å². The van der Waals surface area contributed by atoms with Crippen molar-refractivity contribution in [2.45, 2.75) is 69.2 Å². The third-order valence-electron chi connectivity index (χ3n) is 5.66. The van der Waals surface area contributed by atoms with Crippen LogP contribution in [0.3, 0.4) is 0 Å². The first-order valence-corrected chi connectivity index (χ1v) is 9.09. The van der Waals surface area contributed by atoms with E-state index in [0.717, 1.165) is 31.2 Å². The van der Waals surface area contributed by atoms with E-state index < -0.39 is 6.09 Å². The van der Waals surface area contributed by atoms with Gasteiger partial charge in [0.2, 0.25) is 0 Å². The van der Waals surface area contributed by atoms with E-state index in [1.807, 2.05) is 13.0 Å². The van der Waals surface area contributed by atoms with Gasteiger partial charge in [0.1, 0.15) is 5.82 Å². The lowest BCUT2D eigenvalue weighted by molar-refractivity contribution is -0.00633. The maximum Gasteiger partial charge on any atom is 0.407 e. The van der Waals surface area contributed by atoms with E-state index in [2.05, 4.69) is 0 Å². The van der Waals surface area contributed by atoms with Gasteiger partial charge in [-0.1, -0.05) is 12.1 Å². The van der Waals surface area contributed by atoms with E-state index in [1.54, 1.807) is 12.1 Å². The molecule has 1 amide bonds. The maximum absolute atomic E-state index is 13.4. The van der Waals surface area contributed by atoms with Gasteiger partial charge >= 0.3 is 6.09 Å². The SMILES string of the molecule is C[C@@H]1C[C@H](N)[C@H](COC2CCC(c3cccc(F)c3)CC2)N1C(=O)O. The number of halogens is 1. The summed E-state index contributed by atoms with van der Waals surface area (Å²) in [6.45, 7) is 2.24. The molecule has 25 heavy (non-hydrogen) atoms. The number of hydrogen-bond donors (Lipinski definition) is 2. The summed E-state index contributed by atoms with van der Waals surface area (Å²) in [4.78, 5) is 12.9. The summed E-state index contributed by atoms with van der Waals surface area (Å²) in [5.74, 6) is 0.189. The Labute approximate surface area is 147 Å². The Hall–Kier alpha value is -1.66. The molecule has 2 fully saturated rings. The largest absolute Gasteiger partial charge is 0.465 e. The van der Waals surface area contributed by atoms with Crippen LogP contribution in [0, 0.1) is 5.82 Å². The fourth-order valence-electron chi connectivity index (χ4n) is 4.29. The van der Waals surface area contributed by atoms with E-state index in [1.165, 1.54) is 11.0 Å². The van der Waals surface area contributed by atoms with Gasteiger partial charge in [0, 0.05) is 12.1 Å². The highest BCUT2D eigenvalue weighted by Crippen LogP contribution is 2.34. The second-order valence-electron chi connectivity index (χ2n) is 7.37. The Morgan fingerprint density at radius 2 is 2.08 bits per heavy atom. The average Bonchev–Trinajstić information content (AvgIpc) is 2.87. The molecule has 0 radical (unpaired) electrons. The monoisotopic (exact) mass is 350 g/mol. The summed E-state index contributed by atoms with van der Waals surface area (Å²) in [5.41, 5.74) is 7.16. The lowest BCUT2D eigenvalue weighted by atomic mass is 9.82. The molecule has 3 rings (SSSR count). The lowest BCUT2D eigenvalue weighted by Crippen LogP contribution is -2.47. The van der Waals surface area contributed by atoms with Crippen LogP contribution in [0.15, 0.2) is 24.3 Å². The first-order chi connectivity index (χ1) is 12.0. The zero-order valence-electron chi connectivity index (χ0n) is 14.6. The summed E-state index contributed by atoms with van der Waals surface area (Å²) < 4.78 is 19.4. The molecule has 1 saturated heterocycles. The van der Waals surface area contributed by atoms with Crippen molar-refractivity contribution in [1.29, 1.82) is 0 Å². The molecule has 0 spiro atoms. The summed E-state index contributed by atoms with van der Waals surface area (Å²) in [6.07, 6.45) is 3.62. The number of carboxylic acid groups (broad SMARTS) is 1. The van der Waals surface area contributed by atoms with Crippen LogP contribution < -0.4 is 5.73 Å². The van der Waals surface area contributed by atoms with Crippen LogP contribution in [0.2, 0.25) is 0 Å². The summed E-state index contributed by atoms with van der Waals surface area (Å²) in [7, 11) is 0. The van der Waals surface area contributed by atoms with Crippen LogP contribution in [0.5, 0.6) is 0 Å². The molecule has 6 heteroatoms. The normalized spacial score (nSPS) is 32.8. The van der Waals surface area contributed by atoms with E-state index in [4.69, 9.17) is 10.5 Å². The number of amides is 1. The molecule has 0 unspecified atom stereocenters. The number of ether oxygens (including phenoxy) is 1. The predicted octanol–water partition coefficient (Wildman–Crippen LogP) is 3.34. The molecule has 3 atom stereocenters. The molecule has 1 aliphatic heterocycles. The zero-order chi connectivity index (χ0) is 18.0. The molecule has 1 heterocycles. The van der Waals surface area contributed by atoms with Crippen molar-refractivity contribution in [2.24, 2.45) is 5.73 Å². The van der Waals surface area contributed by atoms with E-state index in [9.17, 15) is 14.3 Å². The van der Waals surface area contributed by atoms with Gasteiger partial charge in [0.05, 0.1) is 18.8 Å². The van der Waals surface area contributed by atoms with Crippen LogP contribution >= 0.6 is 0 Å². The Bertz CT molecular complexity index is 604. The zero-order valence-corrected chi connectivity index (χ0v) is 14.6. The lowest BCUT2D eigenvalue weighted by Gasteiger charge is -2.32. The molecule has 1 saturated carbocycles. The Balaban J connectivity index is 1.50. The third kappa shape index (κ3) is 4.12. The minimum atomic E-state index is -0.927. The Morgan fingerprint density at radius 1 is 1.36 bits per heavy atom. The van der Waals surface area contributed by atoms with Crippen molar-refractivity contribution in [3.05, 3.63) is 35.6 Å². The molecule has 5 nitrogen and oxygen atoms in total. The average molecular weight is 350 g/mol. The molecule has 1 aromatic rings.